The molecule has 1 aromatic heterocycles. The highest BCUT2D eigenvalue weighted by molar-refractivity contribution is 7.09. The van der Waals surface area contributed by atoms with Crippen LogP contribution in [0.25, 0.3) is 0 Å². The summed E-state index contributed by atoms with van der Waals surface area (Å²) >= 11 is 1.44. The molecular formula is C14H22N4O2S. The average molecular weight is 310 g/mol. The Morgan fingerprint density at radius 1 is 1.33 bits per heavy atom. The van der Waals surface area contributed by atoms with Gasteiger partial charge in [-0.1, -0.05) is 0 Å². The number of aromatic nitrogens is 2. The molecule has 0 bridgehead atoms. The molecular weight excluding hydrogens is 288 g/mol. The fraction of sp³-hybridized carbons (Fsp3) is 0.786. The zero-order valence-electron chi connectivity index (χ0n) is 12.6. The number of hydrogen-bond acceptors (Lipinski definition) is 6. The number of nitrogens with zero attached hydrogens (tertiary/aromatic N) is 4. The molecule has 1 aromatic rings. The van der Waals surface area contributed by atoms with Gasteiger partial charge in [0.1, 0.15) is 11.9 Å². The van der Waals surface area contributed by atoms with Crippen LogP contribution in [0.2, 0.25) is 0 Å². The van der Waals surface area contributed by atoms with E-state index in [1.807, 2.05) is 11.8 Å². The Balaban J connectivity index is 1.61. The van der Waals surface area contributed by atoms with Crippen LogP contribution in [0, 0.1) is 12.8 Å². The van der Waals surface area contributed by atoms with E-state index in [4.69, 9.17) is 4.74 Å². The Morgan fingerprint density at radius 3 is 2.76 bits per heavy atom. The summed E-state index contributed by atoms with van der Waals surface area (Å²) in [4.78, 5) is 21.2. The van der Waals surface area contributed by atoms with Gasteiger partial charge in [0.2, 0.25) is 5.13 Å². The van der Waals surface area contributed by atoms with E-state index in [2.05, 4.69) is 14.3 Å². The Labute approximate surface area is 129 Å². The van der Waals surface area contributed by atoms with Crippen molar-refractivity contribution in [1.29, 1.82) is 0 Å². The SMILES string of the molecule is CO[C@H](C(=O)N1CCCN(c2nc(C)ns2)CC1)C1CC1. The third-order valence-electron chi connectivity index (χ3n) is 4.14. The van der Waals surface area contributed by atoms with E-state index in [-0.39, 0.29) is 12.0 Å². The van der Waals surface area contributed by atoms with Crippen LogP contribution in [0.15, 0.2) is 0 Å². The first-order valence-electron chi connectivity index (χ1n) is 7.56. The molecule has 0 spiro atoms. The largest absolute Gasteiger partial charge is 0.371 e. The maximum absolute atomic E-state index is 12.6. The Kier molecular flexibility index (Phi) is 4.40. The number of ether oxygens (including phenoxy) is 1. The normalized spacial score (nSPS) is 21.2. The molecule has 116 valence electrons. The van der Waals surface area contributed by atoms with Gasteiger partial charge in [0.15, 0.2) is 0 Å². The molecule has 2 aliphatic rings. The van der Waals surface area contributed by atoms with Gasteiger partial charge in [0.05, 0.1) is 0 Å². The summed E-state index contributed by atoms with van der Waals surface area (Å²) in [5.74, 6) is 1.42. The van der Waals surface area contributed by atoms with Crippen molar-refractivity contribution in [3.05, 3.63) is 5.82 Å². The molecule has 21 heavy (non-hydrogen) atoms. The monoisotopic (exact) mass is 310 g/mol. The van der Waals surface area contributed by atoms with Crippen LogP contribution in [-0.4, -0.2) is 59.6 Å². The van der Waals surface area contributed by atoms with Crippen molar-refractivity contribution in [2.24, 2.45) is 5.92 Å². The number of amides is 1. The van der Waals surface area contributed by atoms with E-state index in [1.54, 1.807) is 7.11 Å². The predicted octanol–water partition coefficient (Wildman–Crippen LogP) is 1.31. The summed E-state index contributed by atoms with van der Waals surface area (Å²) in [6.07, 6.45) is 2.97. The Bertz CT molecular complexity index is 503. The minimum absolute atomic E-state index is 0.162. The third-order valence-corrected chi connectivity index (χ3v) is 5.01. The smallest absolute Gasteiger partial charge is 0.252 e. The molecule has 0 unspecified atom stereocenters. The van der Waals surface area contributed by atoms with E-state index in [1.165, 1.54) is 11.5 Å². The van der Waals surface area contributed by atoms with Crippen molar-refractivity contribution in [1.82, 2.24) is 14.3 Å². The van der Waals surface area contributed by atoms with Gasteiger partial charge in [-0.25, -0.2) is 4.98 Å². The molecule has 1 aliphatic carbocycles. The fourth-order valence-electron chi connectivity index (χ4n) is 2.82. The molecule has 1 atom stereocenters. The van der Waals surface area contributed by atoms with Crippen LogP contribution >= 0.6 is 11.5 Å². The van der Waals surface area contributed by atoms with Gasteiger partial charge in [-0.3, -0.25) is 4.79 Å². The summed E-state index contributed by atoms with van der Waals surface area (Å²) in [7, 11) is 1.65. The second-order valence-corrected chi connectivity index (χ2v) is 6.51. The molecule has 2 heterocycles. The maximum Gasteiger partial charge on any atom is 0.252 e. The molecule has 3 rings (SSSR count). The van der Waals surface area contributed by atoms with Gasteiger partial charge in [0.25, 0.3) is 5.91 Å². The van der Waals surface area contributed by atoms with E-state index in [9.17, 15) is 4.79 Å². The van der Waals surface area contributed by atoms with Crippen LogP contribution in [0.4, 0.5) is 5.13 Å². The van der Waals surface area contributed by atoms with Gasteiger partial charge in [-0.2, -0.15) is 4.37 Å². The molecule has 0 N–H and O–H groups in total. The van der Waals surface area contributed by atoms with E-state index in [0.29, 0.717) is 5.92 Å². The molecule has 1 amide bonds. The Hall–Kier alpha value is -1.21. The van der Waals surface area contributed by atoms with Crippen LogP contribution in [0.3, 0.4) is 0 Å². The first-order chi connectivity index (χ1) is 10.2. The molecule has 1 aliphatic heterocycles. The zero-order valence-corrected chi connectivity index (χ0v) is 13.4. The van der Waals surface area contributed by atoms with Gasteiger partial charge < -0.3 is 14.5 Å². The van der Waals surface area contributed by atoms with E-state index in [0.717, 1.165) is 56.4 Å². The lowest BCUT2D eigenvalue weighted by atomic mass is 10.2. The van der Waals surface area contributed by atoms with Crippen molar-refractivity contribution < 1.29 is 9.53 Å². The fourth-order valence-corrected chi connectivity index (χ4v) is 3.54. The zero-order chi connectivity index (χ0) is 14.8. The lowest BCUT2D eigenvalue weighted by molar-refractivity contribution is -0.143. The standard InChI is InChI=1S/C14H22N4O2S/c1-10-15-14(21-16-10)18-7-3-6-17(8-9-18)13(19)12(20-2)11-4-5-11/h11-12H,3-9H2,1-2H3/t12-/m0/s1. The van der Waals surface area contributed by atoms with Crippen molar-refractivity contribution in [2.45, 2.75) is 32.3 Å². The summed E-state index contributed by atoms with van der Waals surface area (Å²) in [6, 6.07) is 0. The lowest BCUT2D eigenvalue weighted by Gasteiger charge is -2.25. The molecule has 1 saturated carbocycles. The summed E-state index contributed by atoms with van der Waals surface area (Å²) in [5.41, 5.74) is 0. The number of carbonyl (C=O) groups excluding carboxylic acids is 1. The van der Waals surface area contributed by atoms with Crippen molar-refractivity contribution in [2.75, 3.05) is 38.2 Å². The first kappa shape index (κ1) is 14.7. The van der Waals surface area contributed by atoms with Crippen LogP contribution < -0.4 is 4.90 Å². The van der Waals surface area contributed by atoms with Crippen LogP contribution in [-0.2, 0) is 9.53 Å². The molecule has 7 heteroatoms. The highest BCUT2D eigenvalue weighted by atomic mass is 32.1. The highest BCUT2D eigenvalue weighted by Crippen LogP contribution is 2.35. The minimum atomic E-state index is -0.236. The van der Waals surface area contributed by atoms with Gasteiger partial charge >= 0.3 is 0 Å². The number of anilines is 1. The highest BCUT2D eigenvalue weighted by Gasteiger charge is 2.38. The molecule has 0 radical (unpaired) electrons. The Morgan fingerprint density at radius 2 is 2.14 bits per heavy atom. The van der Waals surface area contributed by atoms with Crippen molar-refractivity contribution >= 4 is 22.6 Å². The topological polar surface area (TPSA) is 58.6 Å². The molecule has 1 saturated heterocycles. The number of carbonyl (C=O) groups is 1. The maximum atomic E-state index is 12.6. The van der Waals surface area contributed by atoms with Gasteiger partial charge in [-0.15, -0.1) is 0 Å². The lowest BCUT2D eigenvalue weighted by Crippen LogP contribution is -2.43. The molecule has 6 nitrogen and oxygen atoms in total. The van der Waals surface area contributed by atoms with Crippen LogP contribution in [0.5, 0.6) is 0 Å². The minimum Gasteiger partial charge on any atom is -0.371 e. The first-order valence-corrected chi connectivity index (χ1v) is 8.33. The number of hydrogen-bond donors (Lipinski definition) is 0. The summed E-state index contributed by atoms with van der Waals surface area (Å²) in [6.45, 7) is 5.21. The summed E-state index contributed by atoms with van der Waals surface area (Å²) < 4.78 is 9.66. The second kappa shape index (κ2) is 6.27. The average Bonchev–Trinajstić information content (AvgIpc) is 3.25. The van der Waals surface area contributed by atoms with E-state index >= 15 is 0 Å². The molecule has 0 aromatic carbocycles. The molecule has 2 fully saturated rings. The van der Waals surface area contributed by atoms with E-state index < -0.39 is 0 Å². The van der Waals surface area contributed by atoms with Crippen molar-refractivity contribution in [3.8, 4) is 0 Å². The summed E-state index contributed by atoms with van der Waals surface area (Å²) in [5, 5.41) is 0.965. The van der Waals surface area contributed by atoms with Gasteiger partial charge in [-0.05, 0) is 32.1 Å². The van der Waals surface area contributed by atoms with Crippen molar-refractivity contribution in [3.63, 3.8) is 0 Å². The quantitative estimate of drug-likeness (QED) is 0.839. The van der Waals surface area contributed by atoms with Crippen LogP contribution in [0.1, 0.15) is 25.1 Å². The number of methoxy groups -OCH3 is 1. The number of aryl methyl sites for hydroxylation is 1. The van der Waals surface area contributed by atoms with Gasteiger partial charge in [0, 0.05) is 44.8 Å². The second-order valence-electron chi connectivity index (χ2n) is 5.78. The number of rotatable bonds is 4. The predicted molar refractivity (Wildman–Crippen MR) is 81.6 cm³/mol. The third kappa shape index (κ3) is 3.35.